The number of hydrogen-bond acceptors (Lipinski definition) is 4. The van der Waals surface area contributed by atoms with Gasteiger partial charge in [0.1, 0.15) is 22.1 Å². The van der Waals surface area contributed by atoms with Crippen LogP contribution in [0.25, 0.3) is 11.0 Å². The van der Waals surface area contributed by atoms with E-state index in [0.717, 1.165) is 11.3 Å². The maximum atomic E-state index is 11.5. The number of Topliss-reactive ketones (excluding diaryl/α,β-unsaturated/α-hetero) is 1. The lowest BCUT2D eigenvalue weighted by Gasteiger charge is -2.14. The van der Waals surface area contributed by atoms with Gasteiger partial charge >= 0.3 is 0 Å². The summed E-state index contributed by atoms with van der Waals surface area (Å²) in [6, 6.07) is 12.3. The lowest BCUT2D eigenvalue weighted by Crippen LogP contribution is -2.14. The van der Waals surface area contributed by atoms with Gasteiger partial charge in [0.05, 0.1) is 17.6 Å². The number of fused-ring (bicyclic) bond motifs is 2. The lowest BCUT2D eigenvalue weighted by molar-refractivity contribution is 0.0933. The zero-order valence-electron chi connectivity index (χ0n) is 12.4. The van der Waals surface area contributed by atoms with Crippen LogP contribution in [0.15, 0.2) is 62.4 Å². The van der Waals surface area contributed by atoms with E-state index in [2.05, 4.69) is 15.9 Å². The van der Waals surface area contributed by atoms with Gasteiger partial charge in [0, 0.05) is 11.4 Å². The van der Waals surface area contributed by atoms with E-state index in [0.29, 0.717) is 33.5 Å². The molecule has 1 aromatic heterocycles. The van der Waals surface area contributed by atoms with E-state index in [4.69, 9.17) is 20.8 Å². The van der Waals surface area contributed by atoms with E-state index in [1.807, 2.05) is 18.2 Å². The van der Waals surface area contributed by atoms with Gasteiger partial charge in [-0.1, -0.05) is 23.7 Å². The molecule has 0 fully saturated rings. The van der Waals surface area contributed by atoms with Gasteiger partial charge in [0.2, 0.25) is 5.43 Å². The van der Waals surface area contributed by atoms with Crippen LogP contribution >= 0.6 is 27.5 Å². The highest BCUT2D eigenvalue weighted by atomic mass is 79.9. The second-order valence-corrected chi connectivity index (χ2v) is 6.36. The molecule has 4 rings (SSSR count). The number of hydrogen-bond donors (Lipinski definition) is 0. The fraction of sp³-hybridized carbons (Fsp3) is 0.111. The molecule has 0 atom stereocenters. The number of carbonyl (C=O) groups excluding carboxylic acids is 1. The van der Waals surface area contributed by atoms with Crippen molar-refractivity contribution < 1.29 is 13.9 Å². The Hall–Kier alpha value is -2.11. The van der Waals surface area contributed by atoms with Crippen molar-refractivity contribution in [2.24, 2.45) is 0 Å². The summed E-state index contributed by atoms with van der Waals surface area (Å²) in [5, 5.41) is 1.01. The molecule has 0 saturated carbocycles. The Morgan fingerprint density at radius 1 is 1.08 bits per heavy atom. The van der Waals surface area contributed by atoms with Gasteiger partial charge in [-0.3, -0.25) is 9.59 Å². The molecule has 3 aromatic rings. The molecule has 0 amide bonds. The first-order chi connectivity index (χ1) is 11.6. The van der Waals surface area contributed by atoms with E-state index in [1.165, 1.54) is 6.26 Å². The van der Waals surface area contributed by atoms with Crippen LogP contribution in [0.4, 0.5) is 0 Å². The van der Waals surface area contributed by atoms with Crippen LogP contribution in [0.2, 0.25) is 5.02 Å². The van der Waals surface area contributed by atoms with Crippen LogP contribution in [-0.2, 0) is 0 Å². The van der Waals surface area contributed by atoms with Gasteiger partial charge in [-0.05, 0) is 46.3 Å². The minimum absolute atomic E-state index is 0.108. The number of rotatable bonds is 0. The number of ether oxygens (including phenoxy) is 1. The SMILES string of the molecule is O=C1CCOc2ccccc21.O=c1c(Br)coc2ccc(Cl)cc12. The third kappa shape index (κ3) is 3.52. The first-order valence-electron chi connectivity index (χ1n) is 7.18. The molecular weight excluding hydrogens is 396 g/mol. The van der Waals surface area contributed by atoms with Crippen LogP contribution in [-0.4, -0.2) is 12.4 Å². The molecule has 24 heavy (non-hydrogen) atoms. The van der Waals surface area contributed by atoms with Crippen LogP contribution in [0, 0.1) is 0 Å². The zero-order chi connectivity index (χ0) is 17.1. The summed E-state index contributed by atoms with van der Waals surface area (Å²) in [5.74, 6) is 0.913. The van der Waals surface area contributed by atoms with Gasteiger partial charge in [-0.15, -0.1) is 0 Å². The molecule has 4 nitrogen and oxygen atoms in total. The number of benzene rings is 2. The van der Waals surface area contributed by atoms with Gasteiger partial charge in [-0.25, -0.2) is 0 Å². The quantitative estimate of drug-likeness (QED) is 0.534. The average molecular weight is 408 g/mol. The summed E-state index contributed by atoms with van der Waals surface area (Å²) < 4.78 is 10.9. The van der Waals surface area contributed by atoms with Crippen LogP contribution in [0.5, 0.6) is 5.75 Å². The predicted molar refractivity (Wildman–Crippen MR) is 96.1 cm³/mol. The molecule has 0 bridgehead atoms. The largest absolute Gasteiger partial charge is 0.492 e. The Labute approximate surface area is 151 Å². The molecule has 1 aliphatic rings. The summed E-state index contributed by atoms with van der Waals surface area (Å²) in [4.78, 5) is 22.7. The van der Waals surface area contributed by atoms with Crippen molar-refractivity contribution in [2.75, 3.05) is 6.61 Å². The summed E-state index contributed by atoms with van der Waals surface area (Å²) in [7, 11) is 0. The van der Waals surface area contributed by atoms with Gasteiger partial charge in [0.25, 0.3) is 0 Å². The third-order valence-electron chi connectivity index (χ3n) is 3.47. The Balaban J connectivity index is 0.000000143. The first-order valence-corrected chi connectivity index (χ1v) is 8.35. The van der Waals surface area contributed by atoms with Crippen LogP contribution in [0.3, 0.4) is 0 Å². The van der Waals surface area contributed by atoms with Crippen molar-refractivity contribution >= 4 is 44.3 Å². The summed E-state index contributed by atoms with van der Waals surface area (Å²) in [6.07, 6.45) is 1.88. The van der Waals surface area contributed by atoms with Gasteiger partial charge in [-0.2, -0.15) is 0 Å². The molecule has 0 unspecified atom stereocenters. The maximum Gasteiger partial charge on any atom is 0.206 e. The number of ketones is 1. The molecule has 1 aliphatic heterocycles. The van der Waals surface area contributed by atoms with Gasteiger partial charge in [0.15, 0.2) is 5.78 Å². The predicted octanol–water partition coefficient (Wildman–Crippen LogP) is 4.86. The van der Waals surface area contributed by atoms with Crippen molar-refractivity contribution in [2.45, 2.75) is 6.42 Å². The van der Waals surface area contributed by atoms with E-state index in [-0.39, 0.29) is 11.2 Å². The fourth-order valence-electron chi connectivity index (χ4n) is 2.29. The van der Waals surface area contributed by atoms with Crippen LogP contribution in [0.1, 0.15) is 16.8 Å². The number of para-hydroxylation sites is 1. The second kappa shape index (κ2) is 7.20. The maximum absolute atomic E-state index is 11.5. The Morgan fingerprint density at radius 2 is 1.88 bits per heavy atom. The van der Waals surface area contributed by atoms with Crippen molar-refractivity contribution in [1.29, 1.82) is 0 Å². The van der Waals surface area contributed by atoms with Crippen LogP contribution < -0.4 is 10.2 Å². The first kappa shape index (κ1) is 16.7. The fourth-order valence-corrected chi connectivity index (χ4v) is 2.77. The Kier molecular flexibility index (Phi) is 5.02. The lowest BCUT2D eigenvalue weighted by atomic mass is 10.1. The molecular formula is C18H12BrClO4. The highest BCUT2D eigenvalue weighted by Gasteiger charge is 2.16. The zero-order valence-corrected chi connectivity index (χ0v) is 14.8. The van der Waals surface area contributed by atoms with Gasteiger partial charge < -0.3 is 9.15 Å². The molecule has 0 saturated heterocycles. The minimum Gasteiger partial charge on any atom is -0.492 e. The standard InChI is InChI=1S/C9H4BrClO2.C9H8O2/c10-7-4-13-8-2-1-5(11)3-6(8)9(7)12;10-8-5-6-11-9-4-2-1-3-7(8)9/h1-4H;1-4H,5-6H2. The molecule has 0 spiro atoms. The van der Waals surface area contributed by atoms with E-state index in [1.54, 1.807) is 24.3 Å². The van der Waals surface area contributed by atoms with Crippen molar-refractivity contribution in [3.05, 3.63) is 74.0 Å². The van der Waals surface area contributed by atoms with Crippen molar-refractivity contribution in [3.63, 3.8) is 0 Å². The summed E-state index contributed by atoms with van der Waals surface area (Å²) in [6.45, 7) is 0.524. The molecule has 2 aromatic carbocycles. The molecule has 0 aliphatic carbocycles. The molecule has 6 heteroatoms. The normalized spacial score (nSPS) is 12.8. The summed E-state index contributed by atoms with van der Waals surface area (Å²) in [5.41, 5.74) is 1.15. The molecule has 0 N–H and O–H groups in total. The second-order valence-electron chi connectivity index (χ2n) is 5.07. The highest BCUT2D eigenvalue weighted by molar-refractivity contribution is 9.10. The van der Waals surface area contributed by atoms with E-state index in [9.17, 15) is 9.59 Å². The Morgan fingerprint density at radius 3 is 2.67 bits per heavy atom. The smallest absolute Gasteiger partial charge is 0.206 e. The van der Waals surface area contributed by atoms with E-state index < -0.39 is 0 Å². The Bertz CT molecular complexity index is 959. The molecule has 2 heterocycles. The molecule has 0 radical (unpaired) electrons. The van der Waals surface area contributed by atoms with E-state index >= 15 is 0 Å². The minimum atomic E-state index is -0.108. The highest BCUT2D eigenvalue weighted by Crippen LogP contribution is 2.23. The summed E-state index contributed by atoms with van der Waals surface area (Å²) >= 11 is 8.84. The van der Waals surface area contributed by atoms with Crippen molar-refractivity contribution in [3.8, 4) is 5.75 Å². The molecule has 122 valence electrons. The number of halogens is 2. The monoisotopic (exact) mass is 406 g/mol. The average Bonchev–Trinajstić information content (AvgIpc) is 2.60. The van der Waals surface area contributed by atoms with Crippen molar-refractivity contribution in [1.82, 2.24) is 0 Å². The number of carbonyl (C=O) groups is 1. The topological polar surface area (TPSA) is 56.5 Å². The third-order valence-corrected chi connectivity index (χ3v) is 4.25.